The van der Waals surface area contributed by atoms with Crippen molar-refractivity contribution in [1.82, 2.24) is 0 Å². The molecule has 0 aliphatic carbocycles. The molecule has 0 N–H and O–H groups in total. The van der Waals surface area contributed by atoms with Gasteiger partial charge in [0.2, 0.25) is 5.69 Å². The third-order valence-electron chi connectivity index (χ3n) is 3.58. The summed E-state index contributed by atoms with van der Waals surface area (Å²) in [4.78, 5) is 1.50. The topological polar surface area (TPSA) is 3.01 Å². The number of rotatable bonds is 2. The number of benzene rings is 2. The Bertz CT molecular complexity index is 656. The van der Waals surface area contributed by atoms with Crippen LogP contribution in [0.25, 0.3) is 0 Å². The highest BCUT2D eigenvalue weighted by molar-refractivity contribution is 7.99. The van der Waals surface area contributed by atoms with Gasteiger partial charge in [-0.15, -0.1) is 0 Å². The van der Waals surface area contributed by atoms with Crippen molar-refractivity contribution in [1.29, 1.82) is 0 Å². The van der Waals surface area contributed by atoms with E-state index < -0.39 is 8.07 Å². The average Bonchev–Trinajstić information content (AvgIpc) is 2.46. The Morgan fingerprint density at radius 3 is 2.40 bits per heavy atom. The fourth-order valence-corrected chi connectivity index (χ4v) is 6.08. The van der Waals surface area contributed by atoms with Gasteiger partial charge >= 0.3 is 0 Å². The van der Waals surface area contributed by atoms with Gasteiger partial charge in [0, 0.05) is 17.0 Å². The van der Waals surface area contributed by atoms with Crippen LogP contribution in [0.2, 0.25) is 19.6 Å². The molecule has 0 aromatic heterocycles. The van der Waals surface area contributed by atoms with Gasteiger partial charge in [-0.25, -0.2) is 0 Å². The molecule has 0 radical (unpaired) electrons. The maximum absolute atomic E-state index is 2.42. The van der Waals surface area contributed by atoms with Crippen molar-refractivity contribution < 1.29 is 4.58 Å². The van der Waals surface area contributed by atoms with E-state index >= 15 is 0 Å². The first-order valence-corrected chi connectivity index (χ1v) is 11.5. The summed E-state index contributed by atoms with van der Waals surface area (Å²) in [5.74, 6) is 0.999. The lowest BCUT2D eigenvalue weighted by atomic mass is 10.2. The van der Waals surface area contributed by atoms with Crippen LogP contribution in [-0.4, -0.2) is 24.7 Å². The molecule has 0 saturated carbocycles. The van der Waals surface area contributed by atoms with Crippen LogP contribution in [0, 0.1) is 0 Å². The van der Waals surface area contributed by atoms with E-state index in [1.165, 1.54) is 16.1 Å². The number of para-hydroxylation sites is 1. The molecule has 1 heterocycles. The number of thioether (sulfide) groups is 1. The maximum Gasteiger partial charge on any atom is 0.205 e. The van der Waals surface area contributed by atoms with E-state index in [2.05, 4.69) is 79.0 Å². The second-order valence-corrected chi connectivity index (χ2v) is 12.2. The monoisotopic (exact) mass is 298 g/mol. The summed E-state index contributed by atoms with van der Waals surface area (Å²) in [5.41, 5.74) is 2.63. The minimum absolute atomic E-state index is 0.999. The summed E-state index contributed by atoms with van der Waals surface area (Å²) < 4.78 is 2.33. The van der Waals surface area contributed by atoms with E-state index in [0.29, 0.717) is 0 Å². The summed E-state index contributed by atoms with van der Waals surface area (Å²) in [5, 5.41) is 1.59. The van der Waals surface area contributed by atoms with Gasteiger partial charge in [-0.3, -0.25) is 0 Å². The third-order valence-corrected chi connectivity index (χ3v) is 6.95. The Morgan fingerprint density at radius 1 is 0.950 bits per heavy atom. The second-order valence-electron chi connectivity index (χ2n) is 6.18. The standard InChI is InChI=1S/C17H20NSSi/c1-20(2,3)16-11-7-8-14-12-18(13-19-17(14)16)15-9-5-4-6-10-15/h4-12H,13H2,1-3H3/q+1. The smallest absolute Gasteiger partial charge is 0.188 e. The molecule has 102 valence electrons. The molecule has 0 spiro atoms. The third kappa shape index (κ3) is 2.60. The SMILES string of the molecule is C[Si](C)(C)c1cccc2c1SC[N+](c1ccccc1)=C2. The van der Waals surface area contributed by atoms with Crippen LogP contribution in [0.1, 0.15) is 5.56 Å². The van der Waals surface area contributed by atoms with E-state index in [0.717, 1.165) is 5.88 Å². The van der Waals surface area contributed by atoms with Gasteiger partial charge < -0.3 is 0 Å². The molecular weight excluding hydrogens is 278 g/mol. The lowest BCUT2D eigenvalue weighted by Crippen LogP contribution is -2.40. The summed E-state index contributed by atoms with van der Waals surface area (Å²) in [7, 11) is -1.27. The molecule has 20 heavy (non-hydrogen) atoms. The molecule has 0 atom stereocenters. The molecule has 0 unspecified atom stereocenters. The maximum atomic E-state index is 2.42. The van der Waals surface area contributed by atoms with Gasteiger partial charge in [0.25, 0.3) is 0 Å². The van der Waals surface area contributed by atoms with E-state index in [9.17, 15) is 0 Å². The van der Waals surface area contributed by atoms with Gasteiger partial charge in [-0.05, 0) is 11.3 Å². The van der Waals surface area contributed by atoms with Crippen LogP contribution in [0.15, 0.2) is 53.4 Å². The average molecular weight is 299 g/mol. The van der Waals surface area contributed by atoms with Crippen molar-refractivity contribution in [3.05, 3.63) is 54.1 Å². The van der Waals surface area contributed by atoms with E-state index in [1.54, 1.807) is 5.19 Å². The van der Waals surface area contributed by atoms with Crippen LogP contribution >= 0.6 is 11.8 Å². The first kappa shape index (κ1) is 13.7. The largest absolute Gasteiger partial charge is 0.205 e. The first-order chi connectivity index (χ1) is 9.55. The van der Waals surface area contributed by atoms with E-state index in [1.807, 2.05) is 11.8 Å². The fraction of sp³-hybridized carbons (Fsp3) is 0.235. The van der Waals surface area contributed by atoms with E-state index in [4.69, 9.17) is 0 Å². The van der Waals surface area contributed by atoms with Crippen LogP contribution in [-0.2, 0) is 0 Å². The summed E-state index contributed by atoms with van der Waals surface area (Å²) in [6, 6.07) is 17.4. The van der Waals surface area contributed by atoms with Gasteiger partial charge in [0.15, 0.2) is 12.1 Å². The van der Waals surface area contributed by atoms with Crippen molar-refractivity contribution in [3.63, 3.8) is 0 Å². The minimum atomic E-state index is -1.27. The van der Waals surface area contributed by atoms with Crippen molar-refractivity contribution in [2.24, 2.45) is 0 Å². The quantitative estimate of drug-likeness (QED) is 0.597. The molecule has 1 aliphatic heterocycles. The number of fused-ring (bicyclic) bond motifs is 1. The predicted octanol–water partition coefficient (Wildman–Crippen LogP) is 4.06. The van der Waals surface area contributed by atoms with Crippen molar-refractivity contribution in [2.75, 3.05) is 5.88 Å². The molecule has 3 heteroatoms. The molecule has 2 aromatic rings. The van der Waals surface area contributed by atoms with Gasteiger partial charge in [0.05, 0.1) is 13.6 Å². The fourth-order valence-electron chi connectivity index (χ4n) is 2.52. The van der Waals surface area contributed by atoms with Gasteiger partial charge in [-0.2, -0.15) is 4.58 Å². The lowest BCUT2D eigenvalue weighted by Gasteiger charge is -2.23. The van der Waals surface area contributed by atoms with Gasteiger partial charge in [0.1, 0.15) is 0 Å². The zero-order valence-electron chi connectivity index (χ0n) is 12.3. The van der Waals surface area contributed by atoms with Crippen LogP contribution < -0.4 is 5.19 Å². The Kier molecular flexibility index (Phi) is 3.57. The number of hydrogen-bond acceptors (Lipinski definition) is 1. The summed E-state index contributed by atoms with van der Waals surface area (Å²) in [6.07, 6.45) is 2.30. The molecule has 2 aromatic carbocycles. The van der Waals surface area contributed by atoms with Crippen LogP contribution in [0.5, 0.6) is 0 Å². The van der Waals surface area contributed by atoms with Crippen LogP contribution in [0.4, 0.5) is 5.69 Å². The highest BCUT2D eigenvalue weighted by atomic mass is 32.2. The normalized spacial score (nSPS) is 14.7. The number of nitrogens with zero attached hydrogens (tertiary/aromatic N) is 1. The highest BCUT2D eigenvalue weighted by Gasteiger charge is 2.26. The van der Waals surface area contributed by atoms with Crippen molar-refractivity contribution >= 4 is 36.9 Å². The molecule has 0 fully saturated rings. The number of hydrogen-bond donors (Lipinski definition) is 0. The van der Waals surface area contributed by atoms with E-state index in [-0.39, 0.29) is 0 Å². The first-order valence-electron chi connectivity index (χ1n) is 6.98. The molecule has 1 aliphatic rings. The van der Waals surface area contributed by atoms with Crippen LogP contribution in [0.3, 0.4) is 0 Å². The molecule has 1 nitrogen and oxygen atoms in total. The Balaban J connectivity index is 2.07. The summed E-state index contributed by atoms with van der Waals surface area (Å²) in [6.45, 7) is 7.27. The molecule has 0 saturated heterocycles. The molecular formula is C17H20NSSi+. The Labute approximate surface area is 126 Å². The Morgan fingerprint density at radius 2 is 1.70 bits per heavy atom. The van der Waals surface area contributed by atoms with Crippen molar-refractivity contribution in [3.8, 4) is 0 Å². The van der Waals surface area contributed by atoms with Gasteiger partial charge in [-0.1, -0.05) is 61.7 Å². The highest BCUT2D eigenvalue weighted by Crippen LogP contribution is 2.28. The van der Waals surface area contributed by atoms with Crippen molar-refractivity contribution in [2.45, 2.75) is 24.5 Å². The molecule has 3 rings (SSSR count). The summed E-state index contributed by atoms with van der Waals surface area (Å²) >= 11 is 1.97. The second kappa shape index (κ2) is 5.22. The predicted molar refractivity (Wildman–Crippen MR) is 91.7 cm³/mol. The molecule has 0 amide bonds. The minimum Gasteiger partial charge on any atom is -0.188 e. The Hall–Kier alpha value is -1.32. The lowest BCUT2D eigenvalue weighted by molar-refractivity contribution is -0.411. The molecule has 0 bridgehead atoms. The zero-order chi connectivity index (χ0) is 14.2. The zero-order valence-corrected chi connectivity index (χ0v) is 14.1.